The number of hydrogen-bond donors (Lipinski definition) is 3. The maximum Gasteiger partial charge on any atom is 0.416 e. The number of hydrogen-bond acceptors (Lipinski definition) is 2. The van der Waals surface area contributed by atoms with Crippen LogP contribution in [-0.2, 0) is 6.18 Å². The number of guanidine groups is 2. The molecule has 0 aromatic heterocycles. The van der Waals surface area contributed by atoms with Gasteiger partial charge in [-0.25, -0.2) is 13.8 Å². The Hall–Kier alpha value is -2.89. The molecule has 0 bridgehead atoms. The van der Waals surface area contributed by atoms with E-state index in [4.69, 9.17) is 21.9 Å². The summed E-state index contributed by atoms with van der Waals surface area (Å²) >= 11 is 3.13. The van der Waals surface area contributed by atoms with Crippen LogP contribution < -0.4 is 21.9 Å². The predicted molar refractivity (Wildman–Crippen MR) is 92.7 cm³/mol. The second-order valence-corrected chi connectivity index (χ2v) is 5.90. The number of halogens is 6. The smallest absolute Gasteiger partial charge is 0.416 e. The third-order valence-electron chi connectivity index (χ3n) is 2.94. The van der Waals surface area contributed by atoms with E-state index in [0.29, 0.717) is 4.47 Å². The topological polar surface area (TPSA) is 112 Å². The van der Waals surface area contributed by atoms with E-state index in [1.54, 1.807) is 0 Å². The van der Waals surface area contributed by atoms with Crippen molar-refractivity contribution in [1.29, 1.82) is 0 Å². The number of benzene rings is 2. The summed E-state index contributed by atoms with van der Waals surface area (Å²) in [6.45, 7) is 0. The maximum absolute atomic E-state index is 14.0. The molecule has 0 saturated carbocycles. The Kier molecular flexibility index (Phi) is 5.88. The summed E-state index contributed by atoms with van der Waals surface area (Å²) in [6, 6.07) is 4.38. The van der Waals surface area contributed by atoms with Gasteiger partial charge in [0.1, 0.15) is 5.69 Å². The fourth-order valence-corrected chi connectivity index (χ4v) is 2.21. The molecule has 144 valence electrons. The van der Waals surface area contributed by atoms with Crippen LogP contribution in [0.4, 0.5) is 27.6 Å². The Bertz CT molecular complexity index is 902. The van der Waals surface area contributed by atoms with Crippen LogP contribution in [0.2, 0.25) is 0 Å². The van der Waals surface area contributed by atoms with Gasteiger partial charge in [-0.2, -0.15) is 18.2 Å². The number of alkyl halides is 3. The van der Waals surface area contributed by atoms with Crippen molar-refractivity contribution in [3.05, 3.63) is 52.0 Å². The van der Waals surface area contributed by atoms with E-state index in [9.17, 15) is 22.0 Å². The van der Waals surface area contributed by atoms with Crippen LogP contribution in [0.1, 0.15) is 5.56 Å². The van der Waals surface area contributed by atoms with E-state index in [-0.39, 0.29) is 35.5 Å². The molecule has 6 N–H and O–H groups in total. The van der Waals surface area contributed by atoms with Gasteiger partial charge in [0, 0.05) is 4.47 Å². The van der Waals surface area contributed by atoms with E-state index in [1.807, 2.05) is 0 Å². The SMILES string of the molecule is NC(N)=NC(N)=Nc1ccc(Br)cc1Oc1c(F)cc(C(F)(F)F)cc1F. The molecule has 0 aliphatic carbocycles. The minimum Gasteiger partial charge on any atom is -0.449 e. The Morgan fingerprint density at radius 2 is 1.59 bits per heavy atom. The highest BCUT2D eigenvalue weighted by atomic mass is 79.9. The zero-order valence-corrected chi connectivity index (χ0v) is 14.8. The van der Waals surface area contributed by atoms with Gasteiger partial charge >= 0.3 is 6.18 Å². The van der Waals surface area contributed by atoms with Gasteiger partial charge in [-0.05, 0) is 30.3 Å². The Morgan fingerprint density at radius 1 is 1.00 bits per heavy atom. The van der Waals surface area contributed by atoms with Crippen molar-refractivity contribution in [2.24, 2.45) is 27.2 Å². The fraction of sp³-hybridized carbons (Fsp3) is 0.0667. The number of aliphatic imine (C=N–C) groups is 2. The van der Waals surface area contributed by atoms with E-state index in [2.05, 4.69) is 25.9 Å². The summed E-state index contributed by atoms with van der Waals surface area (Å²) in [7, 11) is 0. The van der Waals surface area contributed by atoms with Crippen LogP contribution in [0.3, 0.4) is 0 Å². The van der Waals surface area contributed by atoms with Crippen molar-refractivity contribution in [2.45, 2.75) is 6.18 Å². The average molecular weight is 452 g/mol. The predicted octanol–water partition coefficient (Wildman–Crippen LogP) is 3.76. The van der Waals surface area contributed by atoms with Crippen molar-refractivity contribution < 1.29 is 26.7 Å². The number of ether oxygens (including phenoxy) is 1. The van der Waals surface area contributed by atoms with E-state index in [1.165, 1.54) is 18.2 Å². The highest BCUT2D eigenvalue weighted by Crippen LogP contribution is 2.39. The largest absolute Gasteiger partial charge is 0.449 e. The molecule has 0 heterocycles. The first kappa shape index (κ1) is 20.4. The van der Waals surface area contributed by atoms with Crippen molar-refractivity contribution in [3.8, 4) is 11.5 Å². The molecule has 0 spiro atoms. The molecule has 0 fully saturated rings. The van der Waals surface area contributed by atoms with E-state index >= 15 is 0 Å². The standard InChI is InChI=1S/C15H11BrF5N5O/c16-7-1-2-10(25-14(24)26-13(22)23)11(5-7)27-12-8(17)3-6(4-9(12)18)15(19,20)21/h1-5H,(H6,22,23,24,25,26). The molecule has 0 aliphatic rings. The molecule has 2 aromatic carbocycles. The zero-order valence-electron chi connectivity index (χ0n) is 13.2. The molecule has 27 heavy (non-hydrogen) atoms. The molecule has 0 radical (unpaired) electrons. The first-order chi connectivity index (χ1) is 12.5. The zero-order chi connectivity index (χ0) is 20.4. The molecule has 0 atom stereocenters. The molecule has 6 nitrogen and oxygen atoms in total. The van der Waals surface area contributed by atoms with Gasteiger partial charge < -0.3 is 21.9 Å². The van der Waals surface area contributed by atoms with Crippen LogP contribution in [0.5, 0.6) is 11.5 Å². The number of nitrogens with zero attached hydrogens (tertiary/aromatic N) is 2. The summed E-state index contributed by atoms with van der Waals surface area (Å²) < 4.78 is 71.4. The quantitative estimate of drug-likeness (QED) is 0.374. The molecular formula is C15H11BrF5N5O. The fourth-order valence-electron chi connectivity index (χ4n) is 1.87. The number of nitrogens with two attached hydrogens (primary N) is 3. The van der Waals surface area contributed by atoms with Crippen LogP contribution in [0, 0.1) is 11.6 Å². The van der Waals surface area contributed by atoms with Gasteiger partial charge in [0.05, 0.1) is 5.56 Å². The maximum atomic E-state index is 14.0. The monoisotopic (exact) mass is 451 g/mol. The summed E-state index contributed by atoms with van der Waals surface area (Å²) in [5.74, 6) is -5.11. The Morgan fingerprint density at radius 3 is 2.11 bits per heavy atom. The summed E-state index contributed by atoms with van der Waals surface area (Å²) in [4.78, 5) is 7.31. The molecule has 0 aliphatic heterocycles. The van der Waals surface area contributed by atoms with Gasteiger partial charge in [0.25, 0.3) is 0 Å². The lowest BCUT2D eigenvalue weighted by Gasteiger charge is -2.13. The lowest BCUT2D eigenvalue weighted by molar-refractivity contribution is -0.138. The van der Waals surface area contributed by atoms with E-state index in [0.717, 1.165) is 0 Å². The summed E-state index contributed by atoms with van der Waals surface area (Å²) in [6.07, 6.45) is -4.92. The molecule has 0 saturated heterocycles. The van der Waals surface area contributed by atoms with Gasteiger partial charge in [-0.1, -0.05) is 15.9 Å². The van der Waals surface area contributed by atoms with Crippen LogP contribution in [0.15, 0.2) is 44.8 Å². The molecule has 0 unspecified atom stereocenters. The molecule has 12 heteroatoms. The van der Waals surface area contributed by atoms with Gasteiger partial charge in [-0.3, -0.25) is 0 Å². The summed E-state index contributed by atoms with van der Waals surface area (Å²) in [5.41, 5.74) is 14.3. The van der Waals surface area contributed by atoms with Gasteiger partial charge in [0.15, 0.2) is 29.1 Å². The van der Waals surface area contributed by atoms with Crippen LogP contribution in [-0.4, -0.2) is 11.9 Å². The summed E-state index contributed by atoms with van der Waals surface area (Å²) in [5, 5.41) is 0. The minimum absolute atomic E-state index is 0.0283. The van der Waals surface area contributed by atoms with Crippen LogP contribution in [0.25, 0.3) is 0 Å². The van der Waals surface area contributed by atoms with Crippen LogP contribution >= 0.6 is 15.9 Å². The molecule has 0 amide bonds. The first-order valence-electron chi connectivity index (χ1n) is 6.95. The van der Waals surface area contributed by atoms with E-state index < -0.39 is 29.1 Å². The highest BCUT2D eigenvalue weighted by Gasteiger charge is 2.33. The average Bonchev–Trinajstić information content (AvgIpc) is 2.51. The van der Waals surface area contributed by atoms with Gasteiger partial charge in [-0.15, -0.1) is 0 Å². The number of rotatable bonds is 3. The third kappa shape index (κ3) is 5.29. The highest BCUT2D eigenvalue weighted by molar-refractivity contribution is 9.10. The normalized spacial score (nSPS) is 12.0. The first-order valence-corrected chi connectivity index (χ1v) is 7.74. The second-order valence-electron chi connectivity index (χ2n) is 4.99. The molecule has 2 rings (SSSR count). The van der Waals surface area contributed by atoms with Crippen molar-refractivity contribution in [3.63, 3.8) is 0 Å². The van der Waals surface area contributed by atoms with Crippen molar-refractivity contribution in [1.82, 2.24) is 0 Å². The lowest BCUT2D eigenvalue weighted by Crippen LogP contribution is -2.26. The second kappa shape index (κ2) is 7.78. The Balaban J connectivity index is 2.49. The Labute approximate surface area is 157 Å². The minimum atomic E-state index is -4.92. The molecule has 2 aromatic rings. The van der Waals surface area contributed by atoms with Gasteiger partial charge in [0.2, 0.25) is 5.96 Å². The molecular weight excluding hydrogens is 441 g/mol. The van der Waals surface area contributed by atoms with Crippen molar-refractivity contribution >= 4 is 33.5 Å². The lowest BCUT2D eigenvalue weighted by atomic mass is 10.2. The van der Waals surface area contributed by atoms with Crippen molar-refractivity contribution in [2.75, 3.05) is 0 Å². The third-order valence-corrected chi connectivity index (χ3v) is 3.43.